The number of hydrogen-bond acceptors (Lipinski definition) is 7. The molecule has 0 aromatic carbocycles. The maximum absolute atomic E-state index is 12.6. The third-order valence-electron chi connectivity index (χ3n) is 11.1. The predicted molar refractivity (Wildman–Crippen MR) is 134 cm³/mol. The fourth-order valence-electron chi connectivity index (χ4n) is 9.34. The highest BCUT2D eigenvalue weighted by Gasteiger charge is 2.67. The van der Waals surface area contributed by atoms with Gasteiger partial charge in [-0.3, -0.25) is 4.79 Å². The molecule has 36 heavy (non-hydrogen) atoms. The van der Waals surface area contributed by atoms with E-state index in [2.05, 4.69) is 13.8 Å². The molecule has 7 heteroatoms. The molecule has 0 bridgehead atoms. The molecule has 1 heterocycles. The van der Waals surface area contributed by atoms with Gasteiger partial charge in [0.05, 0.1) is 39.1 Å². The van der Waals surface area contributed by atoms with Crippen LogP contribution in [0.2, 0.25) is 0 Å². The fraction of sp³-hybridized carbons (Fsp3) is 0.966. The minimum atomic E-state index is -0.542. The first-order valence-electron chi connectivity index (χ1n) is 14.6. The third-order valence-corrected chi connectivity index (χ3v) is 11.1. The number of rotatable bonds is 8. The van der Waals surface area contributed by atoms with Gasteiger partial charge in [0.2, 0.25) is 0 Å². The van der Waals surface area contributed by atoms with Gasteiger partial charge in [0.1, 0.15) is 6.10 Å². The van der Waals surface area contributed by atoms with E-state index >= 15 is 0 Å². The summed E-state index contributed by atoms with van der Waals surface area (Å²) in [4.78, 5) is 12.6. The Hall–Kier alpha value is -0.730. The highest BCUT2D eigenvalue weighted by Crippen LogP contribution is 2.68. The van der Waals surface area contributed by atoms with Gasteiger partial charge in [-0.2, -0.15) is 0 Å². The molecule has 9 atom stereocenters. The lowest BCUT2D eigenvalue weighted by Crippen LogP contribution is -2.64. The largest absolute Gasteiger partial charge is 0.462 e. The highest BCUT2D eigenvalue weighted by molar-refractivity contribution is 5.69. The number of aliphatic hydroxyl groups is 1. The van der Waals surface area contributed by atoms with Crippen LogP contribution in [-0.2, 0) is 28.5 Å². The summed E-state index contributed by atoms with van der Waals surface area (Å²) < 4.78 is 30.0. The Morgan fingerprint density at radius 3 is 2.44 bits per heavy atom. The van der Waals surface area contributed by atoms with E-state index in [9.17, 15) is 9.90 Å². The van der Waals surface area contributed by atoms with E-state index in [0.717, 1.165) is 51.6 Å². The van der Waals surface area contributed by atoms with Crippen molar-refractivity contribution in [3.63, 3.8) is 0 Å². The molecule has 0 aromatic rings. The molecule has 0 radical (unpaired) electrons. The van der Waals surface area contributed by atoms with Crippen LogP contribution in [-0.4, -0.2) is 68.7 Å². The van der Waals surface area contributed by atoms with E-state index in [1.807, 2.05) is 13.8 Å². The number of fused-ring (bicyclic) bond motifs is 5. The summed E-state index contributed by atoms with van der Waals surface area (Å²) in [5, 5.41) is 11.8. The second-order valence-electron chi connectivity index (χ2n) is 12.7. The van der Waals surface area contributed by atoms with E-state index in [1.54, 1.807) is 0 Å². The van der Waals surface area contributed by atoms with Crippen molar-refractivity contribution in [2.45, 2.75) is 97.1 Å². The summed E-state index contributed by atoms with van der Waals surface area (Å²) in [6.45, 7) is 12.6. The fourth-order valence-corrected chi connectivity index (χ4v) is 9.34. The minimum absolute atomic E-state index is 0.0439. The van der Waals surface area contributed by atoms with E-state index < -0.39 is 5.79 Å². The number of esters is 1. The summed E-state index contributed by atoms with van der Waals surface area (Å²) >= 11 is 0. The number of hydrogen-bond donors (Lipinski definition) is 1. The molecular formula is C29H48O7. The van der Waals surface area contributed by atoms with E-state index in [-0.39, 0.29) is 40.8 Å². The Labute approximate surface area is 216 Å². The van der Waals surface area contributed by atoms with Gasteiger partial charge in [-0.15, -0.1) is 0 Å². The monoisotopic (exact) mass is 508 g/mol. The van der Waals surface area contributed by atoms with Crippen molar-refractivity contribution >= 4 is 5.97 Å². The van der Waals surface area contributed by atoms with Gasteiger partial charge >= 0.3 is 5.97 Å². The topological polar surface area (TPSA) is 83.5 Å². The second-order valence-corrected chi connectivity index (χ2v) is 12.7. The summed E-state index contributed by atoms with van der Waals surface area (Å²) in [5.41, 5.74) is -0.0583. The quantitative estimate of drug-likeness (QED) is 0.386. The average Bonchev–Trinajstić information content (AvgIpc) is 3.44. The Kier molecular flexibility index (Phi) is 7.79. The van der Waals surface area contributed by atoms with Crippen molar-refractivity contribution in [2.75, 3.05) is 39.6 Å². The van der Waals surface area contributed by atoms with Crippen LogP contribution < -0.4 is 0 Å². The van der Waals surface area contributed by atoms with Gasteiger partial charge in [0.15, 0.2) is 5.79 Å². The van der Waals surface area contributed by atoms with Crippen molar-refractivity contribution in [1.82, 2.24) is 0 Å². The SMILES string of the molecule is CCOCCOCC1CCC2C3CC(OC(=O)CC)C4CC5(CCC4(C)C3C(O)CC12C)OCCO5. The van der Waals surface area contributed by atoms with Crippen LogP contribution in [0.25, 0.3) is 0 Å². The van der Waals surface area contributed by atoms with Gasteiger partial charge in [0.25, 0.3) is 0 Å². The van der Waals surface area contributed by atoms with Gasteiger partial charge in [-0.25, -0.2) is 0 Å². The Bertz CT molecular complexity index is 782. The maximum Gasteiger partial charge on any atom is 0.305 e. The molecule has 1 N–H and O–H groups in total. The molecule has 9 unspecified atom stereocenters. The maximum atomic E-state index is 12.6. The number of carbonyl (C=O) groups is 1. The van der Waals surface area contributed by atoms with E-state index in [0.29, 0.717) is 57.2 Å². The summed E-state index contributed by atoms with van der Waals surface area (Å²) in [7, 11) is 0. The van der Waals surface area contributed by atoms with Gasteiger partial charge in [0, 0.05) is 31.8 Å². The van der Waals surface area contributed by atoms with Crippen molar-refractivity contribution in [2.24, 2.45) is 40.4 Å². The number of aliphatic hydroxyl groups excluding tert-OH is 1. The molecule has 5 rings (SSSR count). The molecule has 1 saturated heterocycles. The van der Waals surface area contributed by atoms with Gasteiger partial charge < -0.3 is 28.8 Å². The summed E-state index contributed by atoms with van der Waals surface area (Å²) in [6.07, 6.45) is 6.38. The summed E-state index contributed by atoms with van der Waals surface area (Å²) in [5.74, 6) is 0.994. The van der Waals surface area contributed by atoms with Gasteiger partial charge in [-0.1, -0.05) is 20.8 Å². The lowest BCUT2D eigenvalue weighted by Gasteiger charge is -2.64. The molecule has 1 aliphatic heterocycles. The Morgan fingerprint density at radius 1 is 0.972 bits per heavy atom. The lowest BCUT2D eigenvalue weighted by atomic mass is 9.43. The zero-order valence-corrected chi connectivity index (χ0v) is 22.8. The van der Waals surface area contributed by atoms with Crippen LogP contribution in [0.1, 0.15) is 79.1 Å². The molecule has 7 nitrogen and oxygen atoms in total. The predicted octanol–water partition coefficient (Wildman–Crippen LogP) is 4.34. The van der Waals surface area contributed by atoms with Crippen LogP contribution in [0.15, 0.2) is 0 Å². The zero-order valence-electron chi connectivity index (χ0n) is 22.8. The molecule has 0 amide bonds. The molecule has 5 fully saturated rings. The zero-order chi connectivity index (χ0) is 25.6. The number of ether oxygens (including phenoxy) is 5. The van der Waals surface area contributed by atoms with Crippen LogP contribution >= 0.6 is 0 Å². The van der Waals surface area contributed by atoms with Crippen molar-refractivity contribution < 1.29 is 33.6 Å². The van der Waals surface area contributed by atoms with Crippen LogP contribution in [0.5, 0.6) is 0 Å². The van der Waals surface area contributed by atoms with Crippen LogP contribution in [0, 0.1) is 40.4 Å². The molecule has 4 aliphatic carbocycles. The van der Waals surface area contributed by atoms with Crippen molar-refractivity contribution in [3.05, 3.63) is 0 Å². The molecule has 1 spiro atoms. The lowest BCUT2D eigenvalue weighted by molar-refractivity contribution is -0.264. The molecule has 206 valence electrons. The first-order valence-corrected chi connectivity index (χ1v) is 14.6. The highest BCUT2D eigenvalue weighted by atomic mass is 16.7. The average molecular weight is 509 g/mol. The molecular weight excluding hydrogens is 460 g/mol. The normalized spacial score (nSPS) is 45.2. The standard InChI is InChI=1S/C29H48O7/c1-5-25(31)36-24-15-20-21-8-7-19(18-33-12-11-32-6-2)28(21,4)17-23(30)26(20)27(3)9-10-29(16-22(24)27)34-13-14-35-29/h19-24,26,30H,5-18H2,1-4H3. The molecule has 5 aliphatic rings. The second kappa shape index (κ2) is 10.4. The van der Waals surface area contributed by atoms with Crippen LogP contribution in [0.3, 0.4) is 0 Å². The van der Waals surface area contributed by atoms with E-state index in [4.69, 9.17) is 23.7 Å². The number of carbonyl (C=O) groups excluding carboxylic acids is 1. The smallest absolute Gasteiger partial charge is 0.305 e. The minimum Gasteiger partial charge on any atom is -0.462 e. The Balaban J connectivity index is 1.38. The molecule has 0 aromatic heterocycles. The first-order chi connectivity index (χ1) is 17.3. The molecule has 4 saturated carbocycles. The van der Waals surface area contributed by atoms with Gasteiger partial charge in [-0.05, 0) is 73.5 Å². The van der Waals surface area contributed by atoms with E-state index in [1.165, 1.54) is 0 Å². The summed E-state index contributed by atoms with van der Waals surface area (Å²) in [6, 6.07) is 0. The Morgan fingerprint density at radius 2 is 1.72 bits per heavy atom. The van der Waals surface area contributed by atoms with Crippen molar-refractivity contribution in [3.8, 4) is 0 Å². The van der Waals surface area contributed by atoms with Crippen LogP contribution in [0.4, 0.5) is 0 Å². The third kappa shape index (κ3) is 4.55. The van der Waals surface area contributed by atoms with Crippen molar-refractivity contribution in [1.29, 1.82) is 0 Å². The first kappa shape index (κ1) is 26.9.